The Hall–Kier alpha value is -3.12. The fourth-order valence-electron chi connectivity index (χ4n) is 3.50. The summed E-state index contributed by atoms with van der Waals surface area (Å²) < 4.78 is 10.6. The molecule has 1 saturated heterocycles. The summed E-state index contributed by atoms with van der Waals surface area (Å²) in [5, 5.41) is 3.55. The van der Waals surface area contributed by atoms with E-state index in [9.17, 15) is 9.59 Å². The van der Waals surface area contributed by atoms with Crippen molar-refractivity contribution in [3.05, 3.63) is 76.1 Å². The van der Waals surface area contributed by atoms with Gasteiger partial charge in [-0.25, -0.2) is 4.79 Å². The first-order valence-corrected chi connectivity index (χ1v) is 9.93. The van der Waals surface area contributed by atoms with Crippen molar-refractivity contribution in [2.24, 2.45) is 0 Å². The minimum absolute atomic E-state index is 0.0403. The van der Waals surface area contributed by atoms with Crippen LogP contribution in [0, 0.1) is 0 Å². The monoisotopic (exact) mass is 392 g/mol. The number of morpholine rings is 1. The molecule has 2 aromatic carbocycles. The fourth-order valence-corrected chi connectivity index (χ4v) is 3.50. The molecule has 1 N–H and O–H groups in total. The molecular weight excluding hydrogens is 368 g/mol. The molecule has 0 spiro atoms. The van der Waals surface area contributed by atoms with Gasteiger partial charge in [-0.05, 0) is 42.7 Å². The maximum absolute atomic E-state index is 12.4. The number of carbonyl (C=O) groups excluding carboxylic acids is 1. The van der Waals surface area contributed by atoms with Crippen molar-refractivity contribution in [3.63, 3.8) is 0 Å². The topological polar surface area (TPSA) is 71.8 Å². The van der Waals surface area contributed by atoms with Gasteiger partial charge in [-0.1, -0.05) is 30.3 Å². The second kappa shape index (κ2) is 8.92. The first-order chi connectivity index (χ1) is 14.2. The summed E-state index contributed by atoms with van der Waals surface area (Å²) in [5.74, 6) is -0.396. The number of fused-ring (bicyclic) bond motifs is 1. The van der Waals surface area contributed by atoms with Gasteiger partial charge in [0.2, 0.25) is 0 Å². The van der Waals surface area contributed by atoms with Crippen LogP contribution in [0.4, 0.5) is 5.69 Å². The summed E-state index contributed by atoms with van der Waals surface area (Å²) in [5.41, 5.74) is 2.35. The van der Waals surface area contributed by atoms with E-state index in [1.165, 1.54) is 11.3 Å². The summed E-state index contributed by atoms with van der Waals surface area (Å²) in [6, 6.07) is 17.3. The van der Waals surface area contributed by atoms with Crippen molar-refractivity contribution < 1.29 is 13.9 Å². The number of carbonyl (C=O) groups is 1. The number of hydrogen-bond donors (Lipinski definition) is 1. The second-order valence-electron chi connectivity index (χ2n) is 7.11. The van der Waals surface area contributed by atoms with Crippen molar-refractivity contribution in [3.8, 4) is 0 Å². The van der Waals surface area contributed by atoms with Crippen molar-refractivity contribution in [2.45, 2.75) is 12.8 Å². The van der Waals surface area contributed by atoms with E-state index < -0.39 is 11.5 Å². The van der Waals surface area contributed by atoms with Crippen molar-refractivity contribution in [1.82, 2.24) is 5.32 Å². The van der Waals surface area contributed by atoms with Crippen LogP contribution in [0.1, 0.15) is 22.3 Å². The molecule has 0 bridgehead atoms. The number of amides is 1. The SMILES string of the molecule is O=C(NCCCc1ccc(N2CCOCC2)cc1)c1cc2ccccc2oc1=O. The molecule has 2 heterocycles. The Morgan fingerprint density at radius 1 is 1.03 bits per heavy atom. The predicted octanol–water partition coefficient (Wildman–Crippen LogP) is 2.99. The lowest BCUT2D eigenvalue weighted by Crippen LogP contribution is -2.36. The molecule has 4 rings (SSSR count). The molecular formula is C23H24N2O4. The van der Waals surface area contributed by atoms with Gasteiger partial charge in [-0.3, -0.25) is 4.79 Å². The standard InChI is InChI=1S/C23H24N2O4/c26-22(20-16-18-5-1-2-6-21(18)29-23(20)27)24-11-3-4-17-7-9-19(10-8-17)25-12-14-28-15-13-25/h1-2,5-10,16H,3-4,11-15H2,(H,24,26). The highest BCUT2D eigenvalue weighted by Gasteiger charge is 2.13. The summed E-state index contributed by atoms with van der Waals surface area (Å²) in [6.07, 6.45) is 1.65. The van der Waals surface area contributed by atoms with E-state index in [0.29, 0.717) is 12.1 Å². The normalized spacial score (nSPS) is 14.1. The molecule has 1 aliphatic rings. The van der Waals surface area contributed by atoms with E-state index >= 15 is 0 Å². The lowest BCUT2D eigenvalue weighted by Gasteiger charge is -2.28. The van der Waals surface area contributed by atoms with E-state index in [4.69, 9.17) is 9.15 Å². The maximum atomic E-state index is 12.4. The van der Waals surface area contributed by atoms with Crippen LogP contribution in [0.15, 0.2) is 63.8 Å². The third kappa shape index (κ3) is 4.66. The largest absolute Gasteiger partial charge is 0.422 e. The molecule has 1 fully saturated rings. The quantitative estimate of drug-likeness (QED) is 0.516. The molecule has 6 nitrogen and oxygen atoms in total. The van der Waals surface area contributed by atoms with E-state index in [1.807, 2.05) is 12.1 Å². The van der Waals surface area contributed by atoms with Gasteiger partial charge in [-0.2, -0.15) is 0 Å². The zero-order valence-electron chi connectivity index (χ0n) is 16.2. The molecule has 1 amide bonds. The number of anilines is 1. The minimum Gasteiger partial charge on any atom is -0.422 e. The van der Waals surface area contributed by atoms with Gasteiger partial charge >= 0.3 is 5.63 Å². The number of rotatable bonds is 6. The number of hydrogen-bond acceptors (Lipinski definition) is 5. The average Bonchev–Trinajstić information content (AvgIpc) is 2.77. The van der Waals surface area contributed by atoms with Gasteiger partial charge in [0.15, 0.2) is 0 Å². The van der Waals surface area contributed by atoms with Crippen LogP contribution >= 0.6 is 0 Å². The highest BCUT2D eigenvalue weighted by molar-refractivity contribution is 5.96. The second-order valence-corrected chi connectivity index (χ2v) is 7.11. The lowest BCUT2D eigenvalue weighted by molar-refractivity contribution is 0.0949. The Bertz CT molecular complexity index is 1040. The first-order valence-electron chi connectivity index (χ1n) is 9.93. The summed E-state index contributed by atoms with van der Waals surface area (Å²) >= 11 is 0. The zero-order valence-corrected chi connectivity index (χ0v) is 16.2. The Morgan fingerprint density at radius 2 is 1.79 bits per heavy atom. The van der Waals surface area contributed by atoms with Gasteiger partial charge in [0.25, 0.3) is 5.91 Å². The van der Waals surface area contributed by atoms with E-state index in [1.54, 1.807) is 18.2 Å². The zero-order chi connectivity index (χ0) is 20.1. The van der Waals surface area contributed by atoms with E-state index in [-0.39, 0.29) is 5.56 Å². The number of ether oxygens (including phenoxy) is 1. The molecule has 0 aliphatic carbocycles. The highest BCUT2D eigenvalue weighted by Crippen LogP contribution is 2.17. The number of para-hydroxylation sites is 1. The van der Waals surface area contributed by atoms with Crippen LogP contribution in [-0.2, 0) is 11.2 Å². The molecule has 1 aromatic heterocycles. The number of nitrogens with zero attached hydrogens (tertiary/aromatic N) is 1. The van der Waals surface area contributed by atoms with Crippen LogP contribution in [-0.4, -0.2) is 38.8 Å². The van der Waals surface area contributed by atoms with Gasteiger partial charge in [-0.15, -0.1) is 0 Å². The summed E-state index contributed by atoms with van der Waals surface area (Å²) in [4.78, 5) is 26.7. The van der Waals surface area contributed by atoms with Gasteiger partial charge < -0.3 is 19.4 Å². The van der Waals surface area contributed by atoms with Crippen LogP contribution < -0.4 is 15.8 Å². The number of benzene rings is 2. The van der Waals surface area contributed by atoms with Crippen molar-refractivity contribution >= 4 is 22.6 Å². The fraction of sp³-hybridized carbons (Fsp3) is 0.304. The third-order valence-electron chi connectivity index (χ3n) is 5.13. The van der Waals surface area contributed by atoms with Crippen LogP contribution in [0.3, 0.4) is 0 Å². The number of aryl methyl sites for hydroxylation is 1. The molecule has 150 valence electrons. The molecule has 3 aromatic rings. The van der Waals surface area contributed by atoms with Gasteiger partial charge in [0.1, 0.15) is 11.1 Å². The average molecular weight is 392 g/mol. The van der Waals surface area contributed by atoms with Crippen molar-refractivity contribution in [2.75, 3.05) is 37.7 Å². The predicted molar refractivity (Wildman–Crippen MR) is 113 cm³/mol. The Morgan fingerprint density at radius 3 is 2.59 bits per heavy atom. The molecule has 1 aliphatic heterocycles. The van der Waals surface area contributed by atoms with Crippen LogP contribution in [0.2, 0.25) is 0 Å². The number of nitrogens with one attached hydrogen (secondary N) is 1. The molecule has 0 atom stereocenters. The summed E-state index contributed by atoms with van der Waals surface area (Å²) in [6.45, 7) is 3.90. The van der Waals surface area contributed by atoms with Crippen LogP contribution in [0.25, 0.3) is 11.0 Å². The lowest BCUT2D eigenvalue weighted by atomic mass is 10.1. The van der Waals surface area contributed by atoms with E-state index in [0.717, 1.165) is 44.5 Å². The Balaban J connectivity index is 1.28. The molecule has 0 unspecified atom stereocenters. The molecule has 29 heavy (non-hydrogen) atoms. The molecule has 0 saturated carbocycles. The molecule has 0 radical (unpaired) electrons. The Labute approximate surface area is 169 Å². The minimum atomic E-state index is -0.611. The Kier molecular flexibility index (Phi) is 5.91. The van der Waals surface area contributed by atoms with Crippen molar-refractivity contribution in [1.29, 1.82) is 0 Å². The van der Waals surface area contributed by atoms with Gasteiger partial charge in [0.05, 0.1) is 13.2 Å². The van der Waals surface area contributed by atoms with Gasteiger partial charge in [0, 0.05) is 30.7 Å². The maximum Gasteiger partial charge on any atom is 0.349 e. The smallest absolute Gasteiger partial charge is 0.349 e. The molecule has 6 heteroatoms. The van der Waals surface area contributed by atoms with Crippen LogP contribution in [0.5, 0.6) is 0 Å². The van der Waals surface area contributed by atoms with E-state index in [2.05, 4.69) is 34.5 Å². The highest BCUT2D eigenvalue weighted by atomic mass is 16.5. The summed E-state index contributed by atoms with van der Waals surface area (Å²) in [7, 11) is 0. The first kappa shape index (κ1) is 19.2. The third-order valence-corrected chi connectivity index (χ3v) is 5.13.